The van der Waals surface area contributed by atoms with Gasteiger partial charge in [0.25, 0.3) is 0 Å². The first-order valence-corrected chi connectivity index (χ1v) is 5.51. The van der Waals surface area contributed by atoms with Gasteiger partial charge in [0.1, 0.15) is 0 Å². The highest BCUT2D eigenvalue weighted by molar-refractivity contribution is 5.32. The van der Waals surface area contributed by atoms with E-state index >= 15 is 0 Å². The van der Waals surface area contributed by atoms with Crippen LogP contribution in [-0.2, 0) is 12.5 Å². The Hall–Kier alpha value is -1.88. The normalized spacial score (nSPS) is 11.6. The molecule has 19 heavy (non-hydrogen) atoms. The third-order valence-electron chi connectivity index (χ3n) is 2.72. The predicted molar refractivity (Wildman–Crippen MR) is 61.7 cm³/mol. The highest BCUT2D eigenvalue weighted by Crippen LogP contribution is 2.29. The smallest absolute Gasteiger partial charge is 0.332 e. The molecule has 100 valence electrons. The lowest BCUT2D eigenvalue weighted by molar-refractivity contribution is -0.210. The fourth-order valence-corrected chi connectivity index (χ4v) is 1.77. The Labute approximate surface area is 107 Å². The molecule has 0 aliphatic heterocycles. The van der Waals surface area contributed by atoms with Crippen molar-refractivity contribution < 1.29 is 22.7 Å². The van der Waals surface area contributed by atoms with E-state index in [9.17, 15) is 17.6 Å². The van der Waals surface area contributed by atoms with E-state index in [4.69, 9.17) is 5.11 Å². The van der Waals surface area contributed by atoms with Crippen LogP contribution in [0.2, 0.25) is 0 Å². The summed E-state index contributed by atoms with van der Waals surface area (Å²) in [5, 5.41) is 8.43. The van der Waals surface area contributed by atoms with Crippen molar-refractivity contribution in [2.45, 2.75) is 12.5 Å². The molecule has 0 bridgehead atoms. The van der Waals surface area contributed by atoms with Crippen molar-refractivity contribution in [3.05, 3.63) is 70.8 Å². The number of hydrogen-bond donors (Lipinski definition) is 1. The van der Waals surface area contributed by atoms with Gasteiger partial charge in [0.15, 0.2) is 11.6 Å². The Bertz CT molecular complexity index is 576. The maximum atomic E-state index is 13.7. The van der Waals surface area contributed by atoms with Crippen molar-refractivity contribution in [1.82, 2.24) is 0 Å². The highest BCUT2D eigenvalue weighted by Gasteiger charge is 2.33. The van der Waals surface area contributed by atoms with Crippen molar-refractivity contribution >= 4 is 0 Å². The molecule has 0 aliphatic carbocycles. The molecular formula is C14H10F4O. The summed E-state index contributed by atoms with van der Waals surface area (Å²) in [4.78, 5) is 0. The van der Waals surface area contributed by atoms with Gasteiger partial charge < -0.3 is 5.11 Å². The van der Waals surface area contributed by atoms with Crippen molar-refractivity contribution in [3.8, 4) is 0 Å². The minimum atomic E-state index is -4.39. The molecule has 2 aromatic carbocycles. The van der Waals surface area contributed by atoms with Gasteiger partial charge in [-0.25, -0.2) is 8.78 Å². The molecule has 0 saturated heterocycles. The lowest BCUT2D eigenvalue weighted by Gasteiger charge is -2.12. The number of aliphatic hydroxyl groups is 1. The van der Waals surface area contributed by atoms with E-state index in [1.54, 1.807) is 30.3 Å². The Morgan fingerprint density at radius 3 is 2.11 bits per heavy atom. The lowest BCUT2D eigenvalue weighted by atomic mass is 10.0. The molecule has 0 aromatic heterocycles. The van der Waals surface area contributed by atoms with Gasteiger partial charge in [0, 0.05) is 6.42 Å². The van der Waals surface area contributed by atoms with Gasteiger partial charge in [0.2, 0.25) is 0 Å². The van der Waals surface area contributed by atoms with Gasteiger partial charge in [-0.05, 0) is 17.2 Å². The topological polar surface area (TPSA) is 20.2 Å². The van der Waals surface area contributed by atoms with Crippen molar-refractivity contribution in [2.75, 3.05) is 0 Å². The summed E-state index contributed by atoms with van der Waals surface area (Å²) in [6.45, 7) is 0. The predicted octanol–water partition coefficient (Wildman–Crippen LogP) is 3.60. The van der Waals surface area contributed by atoms with E-state index in [0.717, 1.165) is 11.6 Å². The van der Waals surface area contributed by atoms with E-state index in [1.165, 1.54) is 0 Å². The molecule has 2 aromatic rings. The third kappa shape index (κ3) is 2.93. The molecule has 0 aliphatic rings. The first kappa shape index (κ1) is 13.5. The quantitative estimate of drug-likeness (QED) is 0.845. The van der Waals surface area contributed by atoms with Gasteiger partial charge in [-0.2, -0.15) is 8.78 Å². The van der Waals surface area contributed by atoms with Crippen LogP contribution in [0.15, 0.2) is 42.5 Å². The summed E-state index contributed by atoms with van der Waals surface area (Å²) in [6, 6.07) is 10.4. The maximum Gasteiger partial charge on any atom is 0.383 e. The molecule has 0 amide bonds. The Kier molecular flexibility index (Phi) is 3.57. The average molecular weight is 270 g/mol. The maximum absolute atomic E-state index is 13.7. The Balaban J connectivity index is 2.37. The van der Waals surface area contributed by atoms with Crippen LogP contribution in [0.25, 0.3) is 0 Å². The lowest BCUT2D eigenvalue weighted by Crippen LogP contribution is -2.15. The molecule has 2 rings (SSSR count). The van der Waals surface area contributed by atoms with E-state index < -0.39 is 23.3 Å². The molecule has 5 heteroatoms. The van der Waals surface area contributed by atoms with Gasteiger partial charge in [-0.3, -0.25) is 0 Å². The molecule has 0 heterocycles. The average Bonchev–Trinajstić information content (AvgIpc) is 2.35. The molecule has 0 fully saturated rings. The first-order chi connectivity index (χ1) is 8.89. The SMILES string of the molecule is OC(F)(F)c1ccc(Cc2ccccc2)c(F)c1F. The van der Waals surface area contributed by atoms with Crippen molar-refractivity contribution in [1.29, 1.82) is 0 Å². The van der Waals surface area contributed by atoms with Crippen LogP contribution in [0.4, 0.5) is 17.6 Å². The number of rotatable bonds is 3. The van der Waals surface area contributed by atoms with Gasteiger partial charge >= 0.3 is 6.11 Å². The van der Waals surface area contributed by atoms with E-state index in [-0.39, 0.29) is 12.0 Å². The second-order valence-corrected chi connectivity index (χ2v) is 4.10. The van der Waals surface area contributed by atoms with E-state index in [2.05, 4.69) is 0 Å². The molecule has 0 spiro atoms. The molecule has 0 unspecified atom stereocenters. The molecule has 1 nitrogen and oxygen atoms in total. The Morgan fingerprint density at radius 2 is 1.53 bits per heavy atom. The zero-order valence-electron chi connectivity index (χ0n) is 9.71. The minimum Gasteiger partial charge on any atom is -0.332 e. The molecule has 1 N–H and O–H groups in total. The largest absolute Gasteiger partial charge is 0.383 e. The molecule has 0 radical (unpaired) electrons. The van der Waals surface area contributed by atoms with Crippen LogP contribution in [0.5, 0.6) is 0 Å². The summed E-state index contributed by atoms with van der Waals surface area (Å²) in [5.74, 6) is -3.09. The second kappa shape index (κ2) is 5.01. The summed E-state index contributed by atoms with van der Waals surface area (Å²) < 4.78 is 52.3. The van der Waals surface area contributed by atoms with Crippen LogP contribution in [0.3, 0.4) is 0 Å². The summed E-state index contributed by atoms with van der Waals surface area (Å²) in [5.41, 5.74) is -0.678. The summed E-state index contributed by atoms with van der Waals surface area (Å²) in [7, 11) is 0. The van der Waals surface area contributed by atoms with Gasteiger partial charge in [-0.15, -0.1) is 0 Å². The minimum absolute atomic E-state index is 0.0447. The number of alkyl halides is 2. The van der Waals surface area contributed by atoms with Gasteiger partial charge in [-0.1, -0.05) is 36.4 Å². The fourth-order valence-electron chi connectivity index (χ4n) is 1.77. The van der Waals surface area contributed by atoms with E-state index in [0.29, 0.717) is 6.07 Å². The van der Waals surface area contributed by atoms with Crippen LogP contribution in [0, 0.1) is 11.6 Å². The summed E-state index contributed by atoms with van der Waals surface area (Å²) >= 11 is 0. The van der Waals surface area contributed by atoms with Crippen LogP contribution < -0.4 is 0 Å². The number of halogens is 4. The number of hydrogen-bond acceptors (Lipinski definition) is 1. The monoisotopic (exact) mass is 270 g/mol. The molecular weight excluding hydrogens is 260 g/mol. The first-order valence-electron chi connectivity index (χ1n) is 5.51. The zero-order chi connectivity index (χ0) is 14.0. The highest BCUT2D eigenvalue weighted by atomic mass is 19.3. The summed E-state index contributed by atoms with van der Waals surface area (Å²) in [6.07, 6.45) is -4.31. The van der Waals surface area contributed by atoms with Crippen molar-refractivity contribution in [3.63, 3.8) is 0 Å². The Morgan fingerprint density at radius 1 is 0.895 bits per heavy atom. The standard InChI is InChI=1S/C14H10F4O/c15-12-10(8-9-4-2-1-3-5-9)6-7-11(13(12)16)14(17,18)19/h1-7,19H,8H2. The zero-order valence-corrected chi connectivity index (χ0v) is 9.71. The number of benzene rings is 2. The van der Waals surface area contributed by atoms with E-state index in [1.807, 2.05) is 0 Å². The van der Waals surface area contributed by atoms with Gasteiger partial charge in [0.05, 0.1) is 5.56 Å². The fraction of sp³-hybridized carbons (Fsp3) is 0.143. The second-order valence-electron chi connectivity index (χ2n) is 4.10. The molecule has 0 saturated carbocycles. The van der Waals surface area contributed by atoms with Crippen LogP contribution in [0.1, 0.15) is 16.7 Å². The van der Waals surface area contributed by atoms with Crippen molar-refractivity contribution in [2.24, 2.45) is 0 Å². The van der Waals surface area contributed by atoms with Crippen LogP contribution >= 0.6 is 0 Å². The third-order valence-corrected chi connectivity index (χ3v) is 2.72. The molecule has 0 atom stereocenters. The van der Waals surface area contributed by atoms with Crippen LogP contribution in [-0.4, -0.2) is 5.11 Å².